The fourth-order valence-electron chi connectivity index (χ4n) is 4.34. The second kappa shape index (κ2) is 10.1. The smallest absolute Gasteiger partial charge is 0.255 e. The lowest BCUT2D eigenvalue weighted by atomic mass is 10.1. The molecule has 0 saturated carbocycles. The molecule has 1 N–H and O–H groups in total. The van der Waals surface area contributed by atoms with Gasteiger partial charge in [0.25, 0.3) is 5.91 Å². The van der Waals surface area contributed by atoms with Crippen molar-refractivity contribution in [2.45, 2.75) is 43.4 Å². The predicted molar refractivity (Wildman–Crippen MR) is 123 cm³/mol. The molecule has 0 aromatic heterocycles. The van der Waals surface area contributed by atoms with Crippen molar-refractivity contribution in [3.05, 3.63) is 59.4 Å². The lowest BCUT2D eigenvalue weighted by molar-refractivity contribution is 0.102. The summed E-state index contributed by atoms with van der Waals surface area (Å²) in [6, 6.07) is 11.2. The van der Waals surface area contributed by atoms with Crippen molar-refractivity contribution in [3.63, 3.8) is 0 Å². The van der Waals surface area contributed by atoms with Crippen molar-refractivity contribution in [1.82, 2.24) is 9.21 Å². The summed E-state index contributed by atoms with van der Waals surface area (Å²) in [7, 11) is -3.97. The van der Waals surface area contributed by atoms with Crippen LogP contribution in [0.25, 0.3) is 0 Å². The molecule has 32 heavy (non-hydrogen) atoms. The molecule has 2 aliphatic rings. The van der Waals surface area contributed by atoms with Gasteiger partial charge in [-0.2, -0.15) is 4.31 Å². The number of carbonyl (C=O) groups is 1. The fourth-order valence-corrected chi connectivity index (χ4v) is 5.95. The highest BCUT2D eigenvalue weighted by Gasteiger charge is 2.29. The van der Waals surface area contributed by atoms with E-state index in [2.05, 4.69) is 10.2 Å². The highest BCUT2D eigenvalue weighted by atomic mass is 32.2. The van der Waals surface area contributed by atoms with Crippen LogP contribution in [0, 0.1) is 5.82 Å². The van der Waals surface area contributed by atoms with Crippen LogP contribution in [0.1, 0.15) is 48.0 Å². The van der Waals surface area contributed by atoms with E-state index >= 15 is 0 Å². The molecule has 2 heterocycles. The van der Waals surface area contributed by atoms with Crippen molar-refractivity contribution in [3.8, 4) is 0 Å². The third-order valence-corrected chi connectivity index (χ3v) is 8.17. The minimum absolute atomic E-state index is 0.111. The monoisotopic (exact) mass is 459 g/mol. The molecule has 172 valence electrons. The summed E-state index contributed by atoms with van der Waals surface area (Å²) in [5.41, 5.74) is 1.93. The summed E-state index contributed by atoms with van der Waals surface area (Å²) >= 11 is 0. The molecule has 0 bridgehead atoms. The number of carbonyl (C=O) groups excluding carboxylic acids is 1. The van der Waals surface area contributed by atoms with Crippen LogP contribution < -0.4 is 5.32 Å². The van der Waals surface area contributed by atoms with Gasteiger partial charge in [0, 0.05) is 30.9 Å². The van der Waals surface area contributed by atoms with Gasteiger partial charge < -0.3 is 10.2 Å². The van der Waals surface area contributed by atoms with E-state index < -0.39 is 26.6 Å². The molecule has 4 rings (SSSR count). The Morgan fingerprint density at radius 1 is 0.906 bits per heavy atom. The lowest BCUT2D eigenvalue weighted by Gasteiger charge is -2.26. The van der Waals surface area contributed by atoms with Crippen LogP contribution in [0.15, 0.2) is 47.4 Å². The van der Waals surface area contributed by atoms with E-state index in [1.54, 1.807) is 0 Å². The number of nitrogens with one attached hydrogen (secondary N) is 1. The zero-order valence-electron chi connectivity index (χ0n) is 18.2. The highest BCUT2D eigenvalue weighted by Crippen LogP contribution is 2.24. The van der Waals surface area contributed by atoms with Gasteiger partial charge in [-0.25, -0.2) is 12.8 Å². The number of benzene rings is 2. The van der Waals surface area contributed by atoms with E-state index in [9.17, 15) is 17.6 Å². The first-order chi connectivity index (χ1) is 15.4. The van der Waals surface area contributed by atoms with Crippen molar-refractivity contribution in [2.75, 3.05) is 38.0 Å². The third kappa shape index (κ3) is 5.36. The van der Waals surface area contributed by atoms with E-state index in [4.69, 9.17) is 0 Å². The number of amides is 1. The van der Waals surface area contributed by atoms with Crippen molar-refractivity contribution < 1.29 is 17.6 Å². The van der Waals surface area contributed by atoms with Gasteiger partial charge in [0.15, 0.2) is 0 Å². The van der Waals surface area contributed by atoms with Crippen LogP contribution in [0.4, 0.5) is 10.1 Å². The third-order valence-electron chi connectivity index (χ3n) is 6.25. The second-order valence-corrected chi connectivity index (χ2v) is 10.5. The summed E-state index contributed by atoms with van der Waals surface area (Å²) in [5.74, 6) is -1.31. The van der Waals surface area contributed by atoms with Gasteiger partial charge in [0.05, 0.1) is 0 Å². The maximum absolute atomic E-state index is 14.4. The molecular weight excluding hydrogens is 429 g/mol. The number of nitrogens with zero attached hydrogens (tertiary/aromatic N) is 2. The van der Waals surface area contributed by atoms with Gasteiger partial charge in [-0.15, -0.1) is 0 Å². The Bertz CT molecular complexity index is 1040. The predicted octanol–water partition coefficient (Wildman–Crippen LogP) is 3.89. The lowest BCUT2D eigenvalue weighted by Crippen LogP contribution is -2.36. The number of anilines is 1. The number of rotatable bonds is 7. The Labute approximate surface area is 189 Å². The molecule has 2 fully saturated rings. The van der Waals surface area contributed by atoms with Gasteiger partial charge in [0.2, 0.25) is 10.0 Å². The second-order valence-electron chi connectivity index (χ2n) is 8.56. The zero-order valence-corrected chi connectivity index (χ0v) is 19.0. The Balaban J connectivity index is 1.42. The molecule has 1 amide bonds. The molecule has 0 atom stereocenters. The SMILES string of the molecule is O=C(Nc1ccc(CCN2CCCC2)cc1)c1ccc(F)c(S(=O)(=O)N2CCCCC2)c1. The Morgan fingerprint density at radius 2 is 1.56 bits per heavy atom. The molecule has 8 heteroatoms. The van der Waals surface area contributed by atoms with Gasteiger partial charge in [-0.3, -0.25) is 4.79 Å². The van der Waals surface area contributed by atoms with Crippen LogP contribution >= 0.6 is 0 Å². The number of halogens is 1. The normalized spacial score (nSPS) is 18.0. The van der Waals surface area contributed by atoms with E-state index in [-0.39, 0.29) is 5.56 Å². The van der Waals surface area contributed by atoms with Gasteiger partial charge in [-0.05, 0) is 81.1 Å². The summed E-state index contributed by atoms with van der Waals surface area (Å²) in [5, 5.41) is 2.78. The molecule has 2 aromatic carbocycles. The minimum Gasteiger partial charge on any atom is -0.322 e. The average molecular weight is 460 g/mol. The van der Waals surface area contributed by atoms with E-state index in [0.717, 1.165) is 44.4 Å². The van der Waals surface area contributed by atoms with Gasteiger partial charge in [-0.1, -0.05) is 18.6 Å². The van der Waals surface area contributed by atoms with Crippen molar-refractivity contribution in [2.24, 2.45) is 0 Å². The molecule has 6 nitrogen and oxygen atoms in total. The van der Waals surface area contributed by atoms with Crippen LogP contribution in [0.3, 0.4) is 0 Å². The topological polar surface area (TPSA) is 69.7 Å². The number of likely N-dealkylation sites (tertiary alicyclic amines) is 1. The van der Waals surface area contributed by atoms with Crippen LogP contribution in [0.2, 0.25) is 0 Å². The number of piperidine rings is 1. The van der Waals surface area contributed by atoms with Gasteiger partial charge in [0.1, 0.15) is 10.7 Å². The molecule has 2 saturated heterocycles. The Kier molecular flexibility index (Phi) is 7.23. The van der Waals surface area contributed by atoms with E-state index in [0.29, 0.717) is 18.8 Å². The molecule has 2 aliphatic heterocycles. The minimum atomic E-state index is -3.97. The standard InChI is InChI=1S/C24H30FN3O3S/c25-22-11-8-20(18-23(22)32(30,31)28-15-2-1-3-16-28)24(29)26-21-9-6-19(7-10-21)12-17-27-13-4-5-14-27/h6-11,18H,1-5,12-17H2,(H,26,29). The summed E-state index contributed by atoms with van der Waals surface area (Å²) in [6.45, 7) is 4.13. The first kappa shape index (κ1) is 22.9. The number of sulfonamides is 1. The molecule has 2 aromatic rings. The quantitative estimate of drug-likeness (QED) is 0.682. The first-order valence-electron chi connectivity index (χ1n) is 11.4. The first-order valence-corrected chi connectivity index (χ1v) is 12.8. The van der Waals surface area contributed by atoms with Crippen LogP contribution in [0.5, 0.6) is 0 Å². The van der Waals surface area contributed by atoms with Gasteiger partial charge >= 0.3 is 0 Å². The molecule has 0 aliphatic carbocycles. The van der Waals surface area contributed by atoms with E-state index in [1.807, 2.05) is 24.3 Å². The Hall–Kier alpha value is -2.29. The number of hydrogen-bond acceptors (Lipinski definition) is 4. The van der Waals surface area contributed by atoms with Crippen molar-refractivity contribution in [1.29, 1.82) is 0 Å². The molecular formula is C24H30FN3O3S. The van der Waals surface area contributed by atoms with E-state index in [1.165, 1.54) is 41.9 Å². The van der Waals surface area contributed by atoms with Crippen LogP contribution in [-0.2, 0) is 16.4 Å². The van der Waals surface area contributed by atoms with Crippen molar-refractivity contribution >= 4 is 21.6 Å². The molecule has 0 spiro atoms. The summed E-state index contributed by atoms with van der Waals surface area (Å²) in [4.78, 5) is 14.7. The average Bonchev–Trinajstić information content (AvgIpc) is 3.33. The maximum Gasteiger partial charge on any atom is 0.255 e. The van der Waals surface area contributed by atoms with Crippen LogP contribution in [-0.4, -0.2) is 56.3 Å². The summed E-state index contributed by atoms with van der Waals surface area (Å²) < 4.78 is 41.5. The Morgan fingerprint density at radius 3 is 2.25 bits per heavy atom. The zero-order chi connectivity index (χ0) is 22.6. The maximum atomic E-state index is 14.4. The fraction of sp³-hybridized carbons (Fsp3) is 0.458. The summed E-state index contributed by atoms with van der Waals surface area (Å²) in [6.07, 6.45) is 5.99. The largest absolute Gasteiger partial charge is 0.322 e. The molecule has 0 radical (unpaired) electrons. The molecule has 0 unspecified atom stereocenters. The highest BCUT2D eigenvalue weighted by molar-refractivity contribution is 7.89. The number of hydrogen-bond donors (Lipinski definition) is 1.